The zero-order chi connectivity index (χ0) is 15.7. The maximum Gasteiger partial charge on any atom is 0.225 e. The molecule has 1 aromatic carbocycles. The Bertz CT molecular complexity index is 418. The van der Waals surface area contributed by atoms with Crippen molar-refractivity contribution in [3.05, 3.63) is 24.3 Å². The van der Waals surface area contributed by atoms with Crippen molar-refractivity contribution in [2.24, 2.45) is 0 Å². The number of benzene rings is 1. The van der Waals surface area contributed by atoms with Crippen LogP contribution in [0.3, 0.4) is 0 Å². The molecule has 0 bridgehead atoms. The van der Waals surface area contributed by atoms with Crippen LogP contribution in [0.1, 0.15) is 27.2 Å². The summed E-state index contributed by atoms with van der Waals surface area (Å²) in [5.74, 6) is 0.0126. The molecule has 0 saturated heterocycles. The molecule has 0 aromatic heterocycles. The summed E-state index contributed by atoms with van der Waals surface area (Å²) in [5.41, 5.74) is 1.85. The van der Waals surface area contributed by atoms with E-state index in [1.54, 1.807) is 0 Å². The predicted octanol–water partition coefficient (Wildman–Crippen LogP) is 1.83. The topological polar surface area (TPSA) is 64.6 Å². The Kier molecular flexibility index (Phi) is 7.79. The zero-order valence-corrected chi connectivity index (χ0v) is 13.2. The zero-order valence-electron chi connectivity index (χ0n) is 13.2. The lowest BCUT2D eigenvalue weighted by Gasteiger charge is -2.22. The second-order valence-electron chi connectivity index (χ2n) is 5.26. The number of rotatable bonds is 9. The molecule has 21 heavy (non-hydrogen) atoms. The average Bonchev–Trinajstić information content (AvgIpc) is 2.45. The van der Waals surface area contributed by atoms with Gasteiger partial charge in [0.15, 0.2) is 0 Å². The number of carbonyl (C=O) groups is 1. The first-order valence-electron chi connectivity index (χ1n) is 7.56. The number of amides is 1. The highest BCUT2D eigenvalue weighted by atomic mass is 16.3. The van der Waals surface area contributed by atoms with Gasteiger partial charge in [0.2, 0.25) is 5.91 Å². The summed E-state index contributed by atoms with van der Waals surface area (Å²) in [4.78, 5) is 13.9. The fraction of sp³-hybridized carbons (Fsp3) is 0.562. The van der Waals surface area contributed by atoms with Gasteiger partial charge in [-0.1, -0.05) is 13.8 Å². The summed E-state index contributed by atoms with van der Waals surface area (Å²) in [6.45, 7) is 8.44. The van der Waals surface area contributed by atoms with Crippen molar-refractivity contribution < 1.29 is 9.90 Å². The smallest absolute Gasteiger partial charge is 0.225 e. The normalized spacial score (nSPS) is 10.7. The first kappa shape index (κ1) is 17.5. The average molecular weight is 293 g/mol. The van der Waals surface area contributed by atoms with Gasteiger partial charge < -0.3 is 20.6 Å². The lowest BCUT2D eigenvalue weighted by atomic mass is 10.2. The van der Waals surface area contributed by atoms with Gasteiger partial charge in [-0.25, -0.2) is 0 Å². The number of nitrogens with one attached hydrogen (secondary N) is 2. The van der Waals surface area contributed by atoms with E-state index in [1.807, 2.05) is 31.2 Å². The fourth-order valence-corrected chi connectivity index (χ4v) is 2.04. The maximum absolute atomic E-state index is 11.8. The van der Waals surface area contributed by atoms with E-state index in [-0.39, 0.29) is 12.5 Å². The van der Waals surface area contributed by atoms with Gasteiger partial charge >= 0.3 is 0 Å². The van der Waals surface area contributed by atoms with Crippen molar-refractivity contribution in [3.63, 3.8) is 0 Å². The van der Waals surface area contributed by atoms with Gasteiger partial charge in [0.05, 0.1) is 6.61 Å². The second-order valence-corrected chi connectivity index (χ2v) is 5.26. The minimum Gasteiger partial charge on any atom is -0.395 e. The second kappa shape index (κ2) is 9.37. The summed E-state index contributed by atoms with van der Waals surface area (Å²) in [6, 6.07) is 8.10. The van der Waals surface area contributed by atoms with Gasteiger partial charge in [-0.3, -0.25) is 4.79 Å². The van der Waals surface area contributed by atoms with E-state index in [9.17, 15) is 4.79 Å². The molecule has 0 atom stereocenters. The third kappa shape index (κ3) is 6.60. The molecular weight excluding hydrogens is 266 g/mol. The fourth-order valence-electron chi connectivity index (χ4n) is 2.04. The lowest BCUT2D eigenvalue weighted by molar-refractivity contribution is -0.116. The summed E-state index contributed by atoms with van der Waals surface area (Å²) in [5, 5.41) is 15.1. The number of hydrogen-bond donors (Lipinski definition) is 3. The summed E-state index contributed by atoms with van der Waals surface area (Å²) in [6.07, 6.45) is 0.464. The molecule has 0 spiro atoms. The highest BCUT2D eigenvalue weighted by Crippen LogP contribution is 2.17. The van der Waals surface area contributed by atoms with E-state index in [1.165, 1.54) is 0 Å². The number of hydrogen-bond acceptors (Lipinski definition) is 4. The molecule has 0 unspecified atom stereocenters. The van der Waals surface area contributed by atoms with Crippen LogP contribution in [0.15, 0.2) is 24.3 Å². The monoisotopic (exact) mass is 293 g/mol. The Morgan fingerprint density at radius 2 is 1.95 bits per heavy atom. The van der Waals surface area contributed by atoms with Crippen LogP contribution >= 0.6 is 0 Å². The van der Waals surface area contributed by atoms with Crippen molar-refractivity contribution in [1.29, 1.82) is 0 Å². The van der Waals surface area contributed by atoms with Crippen molar-refractivity contribution in [1.82, 2.24) is 5.32 Å². The van der Waals surface area contributed by atoms with Gasteiger partial charge in [0.25, 0.3) is 0 Å². The van der Waals surface area contributed by atoms with Gasteiger partial charge in [-0.2, -0.15) is 0 Å². The van der Waals surface area contributed by atoms with E-state index >= 15 is 0 Å². The molecule has 0 saturated carbocycles. The molecule has 0 aliphatic carbocycles. The summed E-state index contributed by atoms with van der Waals surface area (Å²) in [7, 11) is 0. The molecule has 3 N–H and O–H groups in total. The molecule has 0 heterocycles. The Hall–Kier alpha value is -1.59. The van der Waals surface area contributed by atoms with Gasteiger partial charge in [-0.05, 0) is 31.2 Å². The predicted molar refractivity (Wildman–Crippen MR) is 87.8 cm³/mol. The molecule has 1 rings (SSSR count). The molecule has 0 radical (unpaired) electrons. The van der Waals surface area contributed by atoms with Crippen molar-refractivity contribution in [3.8, 4) is 0 Å². The standard InChI is InChI=1S/C16H27N3O2/c1-4-19(11-12-20)15-7-5-14(6-8-15)18-16(21)9-10-17-13(2)3/h5-8,13,17,20H,4,9-12H2,1-3H3,(H,18,21). The van der Waals surface area contributed by atoms with Gasteiger partial charge in [-0.15, -0.1) is 0 Å². The lowest BCUT2D eigenvalue weighted by Crippen LogP contribution is -2.27. The van der Waals surface area contributed by atoms with Crippen LogP contribution < -0.4 is 15.5 Å². The molecule has 1 aromatic rings. The number of aliphatic hydroxyl groups is 1. The summed E-state index contributed by atoms with van der Waals surface area (Å²) >= 11 is 0. The van der Waals surface area contributed by atoms with Crippen LogP contribution in [0, 0.1) is 0 Å². The summed E-state index contributed by atoms with van der Waals surface area (Å²) < 4.78 is 0. The third-order valence-electron chi connectivity index (χ3n) is 3.17. The number of anilines is 2. The van der Waals surface area contributed by atoms with Gasteiger partial charge in [0, 0.05) is 43.5 Å². The SMILES string of the molecule is CCN(CCO)c1ccc(NC(=O)CCNC(C)C)cc1. The minimum atomic E-state index is 0.0126. The highest BCUT2D eigenvalue weighted by Gasteiger charge is 2.05. The van der Waals surface area contributed by atoms with Crippen LogP contribution in [-0.2, 0) is 4.79 Å². The largest absolute Gasteiger partial charge is 0.395 e. The number of likely N-dealkylation sites (N-methyl/N-ethyl adjacent to an activating group) is 1. The van der Waals surface area contributed by atoms with Crippen LogP contribution in [0.2, 0.25) is 0 Å². The van der Waals surface area contributed by atoms with Crippen molar-refractivity contribution in [2.75, 3.05) is 36.5 Å². The van der Waals surface area contributed by atoms with E-state index in [4.69, 9.17) is 5.11 Å². The molecule has 0 aliphatic heterocycles. The molecule has 0 fully saturated rings. The van der Waals surface area contributed by atoms with E-state index in [2.05, 4.69) is 29.4 Å². The van der Waals surface area contributed by atoms with Crippen LogP contribution in [0.25, 0.3) is 0 Å². The Balaban J connectivity index is 2.48. The Labute approximate surface area is 127 Å². The molecular formula is C16H27N3O2. The Morgan fingerprint density at radius 3 is 2.48 bits per heavy atom. The number of carbonyl (C=O) groups excluding carboxylic acids is 1. The van der Waals surface area contributed by atoms with Crippen LogP contribution in [0.5, 0.6) is 0 Å². The van der Waals surface area contributed by atoms with E-state index < -0.39 is 0 Å². The Morgan fingerprint density at radius 1 is 1.29 bits per heavy atom. The van der Waals surface area contributed by atoms with Crippen molar-refractivity contribution in [2.45, 2.75) is 33.2 Å². The maximum atomic E-state index is 11.8. The van der Waals surface area contributed by atoms with E-state index in [0.717, 1.165) is 17.9 Å². The number of nitrogens with zero attached hydrogens (tertiary/aromatic N) is 1. The minimum absolute atomic E-state index is 0.0126. The first-order chi connectivity index (χ1) is 10.1. The van der Waals surface area contributed by atoms with Gasteiger partial charge in [0.1, 0.15) is 0 Å². The highest BCUT2D eigenvalue weighted by molar-refractivity contribution is 5.91. The molecule has 5 nitrogen and oxygen atoms in total. The van der Waals surface area contributed by atoms with E-state index in [0.29, 0.717) is 25.6 Å². The third-order valence-corrected chi connectivity index (χ3v) is 3.17. The first-order valence-corrected chi connectivity index (χ1v) is 7.56. The van der Waals surface area contributed by atoms with Crippen LogP contribution in [-0.4, -0.2) is 43.3 Å². The quantitative estimate of drug-likeness (QED) is 0.650. The molecule has 0 aliphatic rings. The van der Waals surface area contributed by atoms with Crippen molar-refractivity contribution >= 4 is 17.3 Å². The molecule has 5 heteroatoms. The molecule has 118 valence electrons. The molecule has 1 amide bonds. The van der Waals surface area contributed by atoms with Crippen LogP contribution in [0.4, 0.5) is 11.4 Å². The number of aliphatic hydroxyl groups excluding tert-OH is 1.